The van der Waals surface area contributed by atoms with Crippen LogP contribution in [-0.2, 0) is 0 Å². The lowest BCUT2D eigenvalue weighted by molar-refractivity contribution is 1.02. The van der Waals surface area contributed by atoms with Crippen molar-refractivity contribution in [3.05, 3.63) is 29.3 Å². The average Bonchev–Trinajstić information content (AvgIpc) is 2.52. The summed E-state index contributed by atoms with van der Waals surface area (Å²) in [5.74, 6) is 0. The second kappa shape index (κ2) is 3.65. The van der Waals surface area contributed by atoms with Gasteiger partial charge in [-0.25, -0.2) is 0 Å². The monoisotopic (exact) mass is 228 g/mol. The molecule has 13 heavy (non-hydrogen) atoms. The molecular formula is C8H5ClN2S2. The van der Waals surface area contributed by atoms with Crippen molar-refractivity contribution in [1.82, 2.24) is 10.2 Å². The predicted octanol–water partition coefficient (Wildman–Crippen LogP) is 3.15. The van der Waals surface area contributed by atoms with Gasteiger partial charge in [-0.3, -0.25) is 0 Å². The van der Waals surface area contributed by atoms with Gasteiger partial charge in [-0.15, -0.1) is 22.8 Å². The van der Waals surface area contributed by atoms with E-state index in [9.17, 15) is 0 Å². The molecule has 0 saturated carbocycles. The van der Waals surface area contributed by atoms with E-state index in [1.807, 2.05) is 24.3 Å². The molecule has 1 aromatic heterocycles. The molecule has 0 saturated heterocycles. The predicted molar refractivity (Wildman–Crippen MR) is 57.6 cm³/mol. The molecule has 66 valence electrons. The average molecular weight is 229 g/mol. The number of thiol groups is 1. The normalized spacial score (nSPS) is 10.3. The number of halogens is 1. The molecule has 0 aliphatic heterocycles. The zero-order chi connectivity index (χ0) is 9.26. The third-order valence-electron chi connectivity index (χ3n) is 1.49. The number of aromatic nitrogens is 2. The fourth-order valence-corrected chi connectivity index (χ4v) is 2.03. The van der Waals surface area contributed by atoms with Gasteiger partial charge in [-0.05, 0) is 12.1 Å². The Morgan fingerprint density at radius 2 is 2.15 bits per heavy atom. The minimum Gasteiger partial charge on any atom is -0.137 e. The van der Waals surface area contributed by atoms with E-state index in [4.69, 9.17) is 11.6 Å². The molecule has 0 spiro atoms. The Morgan fingerprint density at radius 3 is 2.77 bits per heavy atom. The molecule has 0 radical (unpaired) electrons. The minimum absolute atomic E-state index is 0.662. The van der Waals surface area contributed by atoms with Crippen LogP contribution in [0, 0.1) is 0 Å². The van der Waals surface area contributed by atoms with Gasteiger partial charge in [0.15, 0.2) is 4.34 Å². The third kappa shape index (κ3) is 2.02. The summed E-state index contributed by atoms with van der Waals surface area (Å²) in [4.78, 5) is 0. The Balaban J connectivity index is 2.46. The Kier molecular flexibility index (Phi) is 2.53. The molecule has 0 fully saturated rings. The SMILES string of the molecule is Sc1nnc(-c2cccc(Cl)c2)s1. The van der Waals surface area contributed by atoms with Crippen LogP contribution in [0.25, 0.3) is 10.6 Å². The molecule has 5 heteroatoms. The smallest absolute Gasteiger partial charge is 0.137 e. The first-order valence-corrected chi connectivity index (χ1v) is 5.18. The van der Waals surface area contributed by atoms with E-state index in [0.717, 1.165) is 10.6 Å². The van der Waals surface area contributed by atoms with Crippen molar-refractivity contribution < 1.29 is 0 Å². The van der Waals surface area contributed by atoms with Gasteiger partial charge in [0.25, 0.3) is 0 Å². The Hall–Kier alpha value is -0.580. The van der Waals surface area contributed by atoms with E-state index in [0.29, 0.717) is 9.36 Å². The van der Waals surface area contributed by atoms with Gasteiger partial charge < -0.3 is 0 Å². The van der Waals surface area contributed by atoms with E-state index in [-0.39, 0.29) is 0 Å². The summed E-state index contributed by atoms with van der Waals surface area (Å²) in [6, 6.07) is 7.51. The lowest BCUT2D eigenvalue weighted by atomic mass is 10.2. The Morgan fingerprint density at radius 1 is 1.31 bits per heavy atom. The molecule has 0 aliphatic rings. The van der Waals surface area contributed by atoms with E-state index in [1.165, 1.54) is 11.3 Å². The fourth-order valence-electron chi connectivity index (χ4n) is 0.954. The molecule has 0 atom stereocenters. The maximum Gasteiger partial charge on any atom is 0.171 e. The molecule has 0 amide bonds. The van der Waals surface area contributed by atoms with Crippen LogP contribution in [0.3, 0.4) is 0 Å². The van der Waals surface area contributed by atoms with Crippen LogP contribution in [-0.4, -0.2) is 10.2 Å². The second-order valence-corrected chi connectivity index (χ2v) is 4.54. The van der Waals surface area contributed by atoms with Crippen LogP contribution in [0.15, 0.2) is 28.6 Å². The van der Waals surface area contributed by atoms with Crippen LogP contribution in [0.1, 0.15) is 0 Å². The van der Waals surface area contributed by atoms with Crippen LogP contribution in [0.2, 0.25) is 5.02 Å². The molecule has 1 heterocycles. The van der Waals surface area contributed by atoms with Gasteiger partial charge in [0.2, 0.25) is 0 Å². The second-order valence-electron chi connectivity index (χ2n) is 2.40. The fraction of sp³-hybridized carbons (Fsp3) is 0. The van der Waals surface area contributed by atoms with Crippen LogP contribution < -0.4 is 0 Å². The highest BCUT2D eigenvalue weighted by molar-refractivity contribution is 7.82. The van der Waals surface area contributed by atoms with Crippen molar-refractivity contribution in [3.63, 3.8) is 0 Å². The highest BCUT2D eigenvalue weighted by atomic mass is 35.5. The third-order valence-corrected chi connectivity index (χ3v) is 2.86. The number of nitrogens with zero attached hydrogens (tertiary/aromatic N) is 2. The Bertz CT molecular complexity index is 428. The topological polar surface area (TPSA) is 25.8 Å². The zero-order valence-corrected chi connectivity index (χ0v) is 8.90. The van der Waals surface area contributed by atoms with Crippen molar-refractivity contribution in [3.8, 4) is 10.6 Å². The Labute approximate surface area is 90.0 Å². The molecule has 2 nitrogen and oxygen atoms in total. The minimum atomic E-state index is 0.662. The molecule has 0 unspecified atom stereocenters. The number of hydrogen-bond acceptors (Lipinski definition) is 4. The van der Waals surface area contributed by atoms with E-state index < -0.39 is 0 Å². The largest absolute Gasteiger partial charge is 0.171 e. The summed E-state index contributed by atoms with van der Waals surface area (Å²) in [7, 11) is 0. The molecule has 1 aromatic carbocycles. The van der Waals surface area contributed by atoms with E-state index in [2.05, 4.69) is 22.8 Å². The lowest BCUT2D eigenvalue weighted by Crippen LogP contribution is -1.75. The molecule has 0 N–H and O–H groups in total. The number of hydrogen-bond donors (Lipinski definition) is 1. The van der Waals surface area contributed by atoms with E-state index in [1.54, 1.807) is 0 Å². The molecule has 0 bridgehead atoms. The molecule has 2 aromatic rings. The summed E-state index contributed by atoms with van der Waals surface area (Å²) >= 11 is 11.4. The van der Waals surface area contributed by atoms with Gasteiger partial charge in [0.1, 0.15) is 5.01 Å². The van der Waals surface area contributed by atoms with Crippen LogP contribution in [0.5, 0.6) is 0 Å². The van der Waals surface area contributed by atoms with E-state index >= 15 is 0 Å². The zero-order valence-electron chi connectivity index (χ0n) is 6.44. The summed E-state index contributed by atoms with van der Waals surface area (Å²) < 4.78 is 0.662. The van der Waals surface area contributed by atoms with Gasteiger partial charge in [-0.2, -0.15) is 0 Å². The van der Waals surface area contributed by atoms with Crippen molar-refractivity contribution in [2.45, 2.75) is 4.34 Å². The summed E-state index contributed by atoms with van der Waals surface area (Å²) in [5.41, 5.74) is 0.977. The van der Waals surface area contributed by atoms with Gasteiger partial charge in [0.05, 0.1) is 0 Å². The highest BCUT2D eigenvalue weighted by Gasteiger charge is 2.03. The van der Waals surface area contributed by atoms with Crippen LogP contribution >= 0.6 is 35.6 Å². The number of benzene rings is 1. The first-order valence-electron chi connectivity index (χ1n) is 3.54. The van der Waals surface area contributed by atoms with Crippen molar-refractivity contribution in [1.29, 1.82) is 0 Å². The first-order chi connectivity index (χ1) is 6.25. The molecule has 0 aliphatic carbocycles. The maximum absolute atomic E-state index is 5.84. The molecule has 2 rings (SSSR count). The lowest BCUT2D eigenvalue weighted by Gasteiger charge is -1.94. The van der Waals surface area contributed by atoms with Crippen molar-refractivity contribution in [2.75, 3.05) is 0 Å². The maximum atomic E-state index is 5.84. The summed E-state index contributed by atoms with van der Waals surface area (Å²) in [6.45, 7) is 0. The van der Waals surface area contributed by atoms with Gasteiger partial charge in [0, 0.05) is 10.6 Å². The summed E-state index contributed by atoms with van der Waals surface area (Å²) in [6.07, 6.45) is 0. The van der Waals surface area contributed by atoms with Gasteiger partial charge in [-0.1, -0.05) is 35.1 Å². The van der Waals surface area contributed by atoms with Crippen molar-refractivity contribution in [2.24, 2.45) is 0 Å². The quantitative estimate of drug-likeness (QED) is 0.759. The van der Waals surface area contributed by atoms with Crippen molar-refractivity contribution >= 4 is 35.6 Å². The molecular weight excluding hydrogens is 224 g/mol. The standard InChI is InChI=1S/C8H5ClN2S2/c9-6-3-1-2-5(4-6)7-10-11-8(12)13-7/h1-4H,(H,11,12). The van der Waals surface area contributed by atoms with Crippen LogP contribution in [0.4, 0.5) is 0 Å². The first kappa shape index (κ1) is 8.99. The number of rotatable bonds is 1. The highest BCUT2D eigenvalue weighted by Crippen LogP contribution is 2.26. The van der Waals surface area contributed by atoms with Gasteiger partial charge >= 0.3 is 0 Å². The summed E-state index contributed by atoms with van der Waals surface area (Å²) in [5, 5.41) is 9.32.